The zero-order chi connectivity index (χ0) is 13.5. The molecule has 0 aliphatic carbocycles. The first kappa shape index (κ1) is 13.8. The zero-order valence-corrected chi connectivity index (χ0v) is 10.6. The predicted octanol–water partition coefficient (Wildman–Crippen LogP) is 1.60. The molecule has 1 aliphatic rings. The van der Waals surface area contributed by atoms with E-state index in [2.05, 4.69) is 15.3 Å². The number of aliphatic hydroxyl groups is 1. The molecule has 6 nitrogen and oxygen atoms in total. The monoisotopic (exact) mass is 262 g/mol. The van der Waals surface area contributed by atoms with Crippen molar-refractivity contribution in [3.8, 4) is 0 Å². The average Bonchev–Trinajstić information content (AvgIpc) is 2.60. The molecule has 102 valence electrons. The number of rotatable bonds is 4. The first-order chi connectivity index (χ1) is 9.29. The highest BCUT2D eigenvalue weighted by molar-refractivity contribution is 5.13. The Morgan fingerprint density at radius 2 is 2.16 bits per heavy atom. The molecule has 2 N–H and O–H groups in total. The molecule has 0 amide bonds. The molecule has 0 spiro atoms. The highest BCUT2D eigenvalue weighted by atomic mass is 16.5. The van der Waals surface area contributed by atoms with Crippen molar-refractivity contribution < 1.29 is 9.84 Å². The minimum atomic E-state index is -0.473. The van der Waals surface area contributed by atoms with Gasteiger partial charge in [0, 0.05) is 24.4 Å². The molecule has 1 aromatic carbocycles. The molecule has 1 saturated heterocycles. The number of hydrogen-bond donors (Lipinski definition) is 2. The highest BCUT2D eigenvalue weighted by Gasteiger charge is 2.27. The summed E-state index contributed by atoms with van der Waals surface area (Å²) in [5.74, 6) is 0. The summed E-state index contributed by atoms with van der Waals surface area (Å²) in [5, 5.41) is 16.6. The van der Waals surface area contributed by atoms with Gasteiger partial charge in [-0.25, -0.2) is 0 Å². The van der Waals surface area contributed by atoms with E-state index in [0.29, 0.717) is 26.1 Å². The van der Waals surface area contributed by atoms with E-state index in [1.807, 2.05) is 30.3 Å². The molecule has 3 atom stereocenters. The van der Waals surface area contributed by atoms with Gasteiger partial charge in [-0.2, -0.15) is 0 Å². The second-order valence-corrected chi connectivity index (χ2v) is 4.66. The molecule has 0 bridgehead atoms. The molecular weight excluding hydrogens is 244 g/mol. The third-order valence-electron chi connectivity index (χ3n) is 3.17. The zero-order valence-electron chi connectivity index (χ0n) is 10.6. The van der Waals surface area contributed by atoms with Gasteiger partial charge in [0.25, 0.3) is 0 Å². The minimum absolute atomic E-state index is 0.263. The Hall–Kier alpha value is -1.59. The van der Waals surface area contributed by atoms with E-state index in [-0.39, 0.29) is 12.1 Å². The number of azide groups is 1. The number of nitrogens with one attached hydrogen (secondary N) is 1. The molecule has 1 aliphatic heterocycles. The topological polar surface area (TPSA) is 90.3 Å². The van der Waals surface area contributed by atoms with Crippen LogP contribution in [0.4, 0.5) is 0 Å². The molecule has 6 heteroatoms. The maximum atomic E-state index is 9.77. The summed E-state index contributed by atoms with van der Waals surface area (Å²) < 4.78 is 5.82. The number of benzene rings is 1. The quantitative estimate of drug-likeness (QED) is 0.490. The fraction of sp³-hybridized carbons (Fsp3) is 0.538. The SMILES string of the molecule is [N-]=[N+]=N[C@@H]1CNC[C@@H](O)C[C@H]1OCc1ccccc1. The van der Waals surface area contributed by atoms with Crippen molar-refractivity contribution in [3.05, 3.63) is 46.3 Å². The summed E-state index contributed by atoms with van der Waals surface area (Å²) in [4.78, 5) is 2.85. The first-order valence-corrected chi connectivity index (χ1v) is 6.38. The van der Waals surface area contributed by atoms with Crippen molar-refractivity contribution in [2.24, 2.45) is 5.11 Å². The van der Waals surface area contributed by atoms with E-state index >= 15 is 0 Å². The van der Waals surface area contributed by atoms with Gasteiger partial charge in [-0.15, -0.1) is 0 Å². The summed E-state index contributed by atoms with van der Waals surface area (Å²) in [5.41, 5.74) is 9.66. The van der Waals surface area contributed by atoms with Gasteiger partial charge in [-0.3, -0.25) is 0 Å². The van der Waals surface area contributed by atoms with Crippen LogP contribution >= 0.6 is 0 Å². The van der Waals surface area contributed by atoms with Crippen molar-refractivity contribution in [1.29, 1.82) is 0 Å². The lowest BCUT2D eigenvalue weighted by atomic mass is 10.1. The van der Waals surface area contributed by atoms with Crippen LogP contribution in [0.15, 0.2) is 35.4 Å². The maximum absolute atomic E-state index is 9.77. The molecule has 2 rings (SSSR count). The van der Waals surface area contributed by atoms with Gasteiger partial charge in [0.05, 0.1) is 24.9 Å². The van der Waals surface area contributed by atoms with Gasteiger partial charge in [0.2, 0.25) is 0 Å². The van der Waals surface area contributed by atoms with E-state index in [0.717, 1.165) is 5.56 Å². The first-order valence-electron chi connectivity index (χ1n) is 6.38. The molecule has 0 saturated carbocycles. The number of hydrogen-bond acceptors (Lipinski definition) is 4. The molecule has 0 unspecified atom stereocenters. The molecule has 1 aromatic rings. The summed E-state index contributed by atoms with van der Waals surface area (Å²) in [6.45, 7) is 1.49. The Bertz CT molecular complexity index is 434. The average molecular weight is 262 g/mol. The van der Waals surface area contributed by atoms with E-state index < -0.39 is 6.10 Å². The minimum Gasteiger partial charge on any atom is -0.392 e. The predicted molar refractivity (Wildman–Crippen MR) is 71.4 cm³/mol. The second kappa shape index (κ2) is 7.11. The summed E-state index contributed by atoms with van der Waals surface area (Å²) >= 11 is 0. The van der Waals surface area contributed by atoms with Crippen LogP contribution in [-0.2, 0) is 11.3 Å². The Morgan fingerprint density at radius 3 is 2.89 bits per heavy atom. The van der Waals surface area contributed by atoms with Gasteiger partial charge in [-0.05, 0) is 11.1 Å². The lowest BCUT2D eigenvalue weighted by Crippen LogP contribution is -2.33. The Balaban J connectivity index is 1.99. The Morgan fingerprint density at radius 1 is 1.37 bits per heavy atom. The van der Waals surface area contributed by atoms with Crippen molar-refractivity contribution >= 4 is 0 Å². The number of aliphatic hydroxyl groups excluding tert-OH is 1. The Kier molecular flexibility index (Phi) is 5.18. The highest BCUT2D eigenvalue weighted by Crippen LogP contribution is 2.16. The van der Waals surface area contributed by atoms with Crippen molar-refractivity contribution in [3.63, 3.8) is 0 Å². The Labute approximate surface area is 112 Å². The van der Waals surface area contributed by atoms with E-state index in [1.165, 1.54) is 0 Å². The van der Waals surface area contributed by atoms with Crippen LogP contribution in [0.3, 0.4) is 0 Å². The fourth-order valence-corrected chi connectivity index (χ4v) is 2.18. The van der Waals surface area contributed by atoms with E-state index in [9.17, 15) is 5.11 Å². The van der Waals surface area contributed by atoms with Crippen molar-refractivity contribution in [1.82, 2.24) is 5.32 Å². The fourth-order valence-electron chi connectivity index (χ4n) is 2.18. The summed E-state index contributed by atoms with van der Waals surface area (Å²) in [7, 11) is 0. The summed E-state index contributed by atoms with van der Waals surface area (Å²) in [6.07, 6.45) is -0.260. The largest absolute Gasteiger partial charge is 0.392 e. The van der Waals surface area contributed by atoms with Crippen LogP contribution < -0.4 is 5.32 Å². The van der Waals surface area contributed by atoms with Crippen LogP contribution in [0.2, 0.25) is 0 Å². The normalized spacial score (nSPS) is 27.3. The molecule has 0 aromatic heterocycles. The molecule has 1 fully saturated rings. The van der Waals surface area contributed by atoms with Crippen LogP contribution in [0.25, 0.3) is 10.4 Å². The van der Waals surface area contributed by atoms with Crippen LogP contribution in [0.1, 0.15) is 12.0 Å². The van der Waals surface area contributed by atoms with Crippen LogP contribution in [0, 0.1) is 0 Å². The number of nitrogens with zero attached hydrogens (tertiary/aromatic N) is 3. The molecule has 0 radical (unpaired) electrons. The smallest absolute Gasteiger partial charge is 0.0761 e. The number of β-amino-alcohol motifs (C(OH)–C–C–N with tert-alkyl or cyclic N) is 1. The van der Waals surface area contributed by atoms with Crippen LogP contribution in [0.5, 0.6) is 0 Å². The standard InChI is InChI=1S/C13H18N4O2/c14-17-16-12-8-15-7-11(18)6-13(12)19-9-10-4-2-1-3-5-10/h1-5,11-13,15,18H,6-9H2/t11-,12+,13+/m0/s1. The molecule has 19 heavy (non-hydrogen) atoms. The lowest BCUT2D eigenvalue weighted by molar-refractivity contribution is 0.000209. The molecular formula is C13H18N4O2. The summed E-state index contributed by atoms with van der Waals surface area (Å²) in [6, 6.07) is 9.53. The third kappa shape index (κ3) is 4.22. The van der Waals surface area contributed by atoms with Crippen molar-refractivity contribution in [2.75, 3.05) is 13.1 Å². The molecule has 1 heterocycles. The third-order valence-corrected chi connectivity index (χ3v) is 3.17. The van der Waals surface area contributed by atoms with Gasteiger partial charge < -0.3 is 15.2 Å². The van der Waals surface area contributed by atoms with Gasteiger partial charge in [0.15, 0.2) is 0 Å². The van der Waals surface area contributed by atoms with Crippen LogP contribution in [-0.4, -0.2) is 36.4 Å². The lowest BCUT2D eigenvalue weighted by Gasteiger charge is -2.22. The van der Waals surface area contributed by atoms with Gasteiger partial charge in [0.1, 0.15) is 0 Å². The van der Waals surface area contributed by atoms with E-state index in [1.54, 1.807) is 0 Å². The van der Waals surface area contributed by atoms with Gasteiger partial charge >= 0.3 is 0 Å². The number of ether oxygens (including phenoxy) is 1. The maximum Gasteiger partial charge on any atom is 0.0761 e. The van der Waals surface area contributed by atoms with Gasteiger partial charge in [-0.1, -0.05) is 35.4 Å². The van der Waals surface area contributed by atoms with Crippen molar-refractivity contribution in [2.45, 2.75) is 31.3 Å². The van der Waals surface area contributed by atoms with E-state index in [4.69, 9.17) is 10.3 Å². The second-order valence-electron chi connectivity index (χ2n) is 4.66.